The third kappa shape index (κ3) is 4.11. The van der Waals surface area contributed by atoms with Crippen molar-refractivity contribution in [2.75, 3.05) is 18.8 Å². The molecule has 1 aromatic heterocycles. The van der Waals surface area contributed by atoms with Crippen LogP contribution in [-0.4, -0.2) is 35.8 Å². The van der Waals surface area contributed by atoms with Gasteiger partial charge in [-0.15, -0.1) is 11.8 Å². The van der Waals surface area contributed by atoms with Crippen LogP contribution in [0.3, 0.4) is 0 Å². The van der Waals surface area contributed by atoms with E-state index in [-0.39, 0.29) is 11.9 Å². The highest BCUT2D eigenvalue weighted by Crippen LogP contribution is 2.20. The van der Waals surface area contributed by atoms with E-state index in [0.717, 1.165) is 30.8 Å². The Balaban J connectivity index is 1.44. The average molecular weight is 317 g/mol. The largest absolute Gasteiger partial charge is 0.444 e. The minimum absolute atomic E-state index is 0.0884. The van der Waals surface area contributed by atoms with E-state index in [1.165, 1.54) is 0 Å². The molecule has 2 aromatic rings. The third-order valence-corrected chi connectivity index (χ3v) is 4.45. The Labute approximate surface area is 133 Å². The van der Waals surface area contributed by atoms with Crippen molar-refractivity contribution in [1.82, 2.24) is 15.6 Å². The van der Waals surface area contributed by atoms with E-state index in [0.29, 0.717) is 17.4 Å². The van der Waals surface area contributed by atoms with E-state index in [1.807, 2.05) is 30.3 Å². The van der Waals surface area contributed by atoms with Gasteiger partial charge in [-0.2, -0.15) is 0 Å². The quantitative estimate of drug-likeness (QED) is 0.853. The molecule has 1 unspecified atom stereocenters. The molecule has 0 bridgehead atoms. The molecule has 0 saturated carbocycles. The Hall–Kier alpha value is -1.79. The molecule has 116 valence electrons. The molecule has 5 nitrogen and oxygen atoms in total. The second-order valence-electron chi connectivity index (χ2n) is 5.26. The first kappa shape index (κ1) is 15.1. The van der Waals surface area contributed by atoms with Gasteiger partial charge in [-0.05, 0) is 25.1 Å². The maximum atomic E-state index is 11.8. The van der Waals surface area contributed by atoms with Crippen molar-refractivity contribution >= 4 is 17.7 Å². The van der Waals surface area contributed by atoms with Crippen molar-refractivity contribution < 1.29 is 9.21 Å². The lowest BCUT2D eigenvalue weighted by Gasteiger charge is -2.10. The molecule has 1 aliphatic rings. The molecular weight excluding hydrogens is 298 g/mol. The number of carbonyl (C=O) groups is 1. The monoisotopic (exact) mass is 317 g/mol. The molecule has 1 aromatic carbocycles. The lowest BCUT2D eigenvalue weighted by molar-refractivity contribution is -0.119. The first-order chi connectivity index (χ1) is 10.8. The Morgan fingerprint density at radius 2 is 2.27 bits per heavy atom. The van der Waals surface area contributed by atoms with Crippen LogP contribution in [0.1, 0.15) is 12.1 Å². The van der Waals surface area contributed by atoms with E-state index in [2.05, 4.69) is 15.6 Å². The van der Waals surface area contributed by atoms with Gasteiger partial charge in [0.1, 0.15) is 6.26 Å². The summed E-state index contributed by atoms with van der Waals surface area (Å²) < 4.78 is 5.48. The van der Waals surface area contributed by atoms with E-state index in [9.17, 15) is 4.79 Å². The van der Waals surface area contributed by atoms with Crippen molar-refractivity contribution in [2.45, 2.75) is 18.2 Å². The molecule has 3 rings (SSSR count). The molecule has 1 saturated heterocycles. The summed E-state index contributed by atoms with van der Waals surface area (Å²) in [5.41, 5.74) is 1.82. The SMILES string of the molecule is O=C(CSCc1coc(-c2ccccc2)n1)NC1CCNC1. The normalized spacial score (nSPS) is 17.5. The van der Waals surface area contributed by atoms with Gasteiger partial charge in [0.15, 0.2) is 0 Å². The zero-order valence-electron chi connectivity index (χ0n) is 12.2. The Morgan fingerprint density at radius 1 is 1.41 bits per heavy atom. The molecular formula is C16H19N3O2S. The molecule has 6 heteroatoms. The first-order valence-electron chi connectivity index (χ1n) is 7.39. The summed E-state index contributed by atoms with van der Waals surface area (Å²) >= 11 is 1.55. The number of hydrogen-bond donors (Lipinski definition) is 2. The van der Waals surface area contributed by atoms with Crippen molar-refractivity contribution in [3.63, 3.8) is 0 Å². The fourth-order valence-electron chi connectivity index (χ4n) is 2.38. The maximum Gasteiger partial charge on any atom is 0.230 e. The number of benzene rings is 1. The predicted molar refractivity (Wildman–Crippen MR) is 87.5 cm³/mol. The molecule has 1 atom stereocenters. The van der Waals surface area contributed by atoms with E-state index in [1.54, 1.807) is 18.0 Å². The van der Waals surface area contributed by atoms with Gasteiger partial charge in [-0.1, -0.05) is 18.2 Å². The van der Waals surface area contributed by atoms with Gasteiger partial charge in [0.25, 0.3) is 0 Å². The van der Waals surface area contributed by atoms with Crippen molar-refractivity contribution in [2.24, 2.45) is 0 Å². The molecule has 2 heterocycles. The number of oxazole rings is 1. The summed E-state index contributed by atoms with van der Waals surface area (Å²) in [7, 11) is 0. The van der Waals surface area contributed by atoms with Crippen LogP contribution in [0.2, 0.25) is 0 Å². The predicted octanol–water partition coefficient (Wildman–Crippen LogP) is 2.05. The zero-order valence-corrected chi connectivity index (χ0v) is 13.1. The fraction of sp³-hybridized carbons (Fsp3) is 0.375. The Morgan fingerprint density at radius 3 is 3.05 bits per heavy atom. The highest BCUT2D eigenvalue weighted by Gasteiger charge is 2.16. The summed E-state index contributed by atoms with van der Waals surface area (Å²) in [6.07, 6.45) is 2.67. The van der Waals surface area contributed by atoms with Gasteiger partial charge in [0.2, 0.25) is 11.8 Å². The second kappa shape index (κ2) is 7.47. The lowest BCUT2D eigenvalue weighted by Crippen LogP contribution is -2.37. The lowest BCUT2D eigenvalue weighted by atomic mass is 10.2. The molecule has 1 amide bonds. The smallest absolute Gasteiger partial charge is 0.230 e. The van der Waals surface area contributed by atoms with E-state index in [4.69, 9.17) is 4.42 Å². The number of rotatable bonds is 6. The molecule has 1 fully saturated rings. The highest BCUT2D eigenvalue weighted by molar-refractivity contribution is 7.99. The molecule has 0 aliphatic carbocycles. The van der Waals surface area contributed by atoms with Crippen molar-refractivity contribution in [3.8, 4) is 11.5 Å². The molecule has 1 aliphatic heterocycles. The summed E-state index contributed by atoms with van der Waals surface area (Å²) in [5.74, 6) is 1.83. The number of nitrogens with zero attached hydrogens (tertiary/aromatic N) is 1. The van der Waals surface area contributed by atoms with Gasteiger partial charge >= 0.3 is 0 Å². The van der Waals surface area contributed by atoms with Crippen molar-refractivity contribution in [1.29, 1.82) is 0 Å². The van der Waals surface area contributed by atoms with Gasteiger partial charge in [0, 0.05) is 23.9 Å². The third-order valence-electron chi connectivity index (χ3n) is 3.48. The second-order valence-corrected chi connectivity index (χ2v) is 6.25. The standard InChI is InChI=1S/C16H19N3O2S/c20-15(18-13-6-7-17-8-13)11-22-10-14-9-21-16(19-14)12-4-2-1-3-5-12/h1-5,9,13,17H,6-8,10-11H2,(H,18,20). The number of aromatic nitrogens is 1. The average Bonchev–Trinajstić information content (AvgIpc) is 3.20. The Kier molecular flexibility index (Phi) is 5.13. The van der Waals surface area contributed by atoms with Crippen LogP contribution in [0.5, 0.6) is 0 Å². The summed E-state index contributed by atoms with van der Waals surface area (Å²) in [6, 6.07) is 10.1. The topological polar surface area (TPSA) is 67.2 Å². The Bertz CT molecular complexity index is 609. The van der Waals surface area contributed by atoms with Crippen molar-refractivity contribution in [3.05, 3.63) is 42.3 Å². The number of thioether (sulfide) groups is 1. The van der Waals surface area contributed by atoms with Gasteiger partial charge in [-0.3, -0.25) is 4.79 Å². The van der Waals surface area contributed by atoms with Crippen LogP contribution in [-0.2, 0) is 10.5 Å². The zero-order chi connectivity index (χ0) is 15.2. The maximum absolute atomic E-state index is 11.8. The number of amides is 1. The molecule has 22 heavy (non-hydrogen) atoms. The highest BCUT2D eigenvalue weighted by atomic mass is 32.2. The fourth-order valence-corrected chi connectivity index (χ4v) is 3.09. The number of hydrogen-bond acceptors (Lipinski definition) is 5. The summed E-state index contributed by atoms with van der Waals surface area (Å²) in [6.45, 7) is 1.86. The van der Waals surface area contributed by atoms with Gasteiger partial charge in [-0.25, -0.2) is 4.98 Å². The minimum atomic E-state index is 0.0884. The first-order valence-corrected chi connectivity index (χ1v) is 8.54. The van der Waals surface area contributed by atoms with Crippen LogP contribution >= 0.6 is 11.8 Å². The summed E-state index contributed by atoms with van der Waals surface area (Å²) in [4.78, 5) is 16.3. The van der Waals surface area contributed by atoms with Crippen LogP contribution in [0.15, 0.2) is 41.0 Å². The van der Waals surface area contributed by atoms with Crippen LogP contribution in [0.4, 0.5) is 0 Å². The van der Waals surface area contributed by atoms with E-state index < -0.39 is 0 Å². The minimum Gasteiger partial charge on any atom is -0.444 e. The number of carbonyl (C=O) groups excluding carboxylic acids is 1. The molecule has 2 N–H and O–H groups in total. The number of nitrogens with one attached hydrogen (secondary N) is 2. The van der Waals surface area contributed by atoms with Crippen LogP contribution < -0.4 is 10.6 Å². The molecule has 0 spiro atoms. The molecule has 0 radical (unpaired) electrons. The van der Waals surface area contributed by atoms with Crippen LogP contribution in [0, 0.1) is 0 Å². The van der Waals surface area contributed by atoms with Crippen LogP contribution in [0.25, 0.3) is 11.5 Å². The summed E-state index contributed by atoms with van der Waals surface area (Å²) in [5, 5.41) is 6.26. The van der Waals surface area contributed by atoms with Gasteiger partial charge in [0.05, 0.1) is 11.4 Å². The van der Waals surface area contributed by atoms with E-state index >= 15 is 0 Å². The van der Waals surface area contributed by atoms with Gasteiger partial charge < -0.3 is 15.1 Å².